The van der Waals surface area contributed by atoms with E-state index in [1.54, 1.807) is 34.7 Å². The van der Waals surface area contributed by atoms with Gasteiger partial charge >= 0.3 is 0 Å². The van der Waals surface area contributed by atoms with Crippen molar-refractivity contribution in [3.8, 4) is 0 Å². The van der Waals surface area contributed by atoms with Gasteiger partial charge in [0, 0.05) is 34.4 Å². The first-order valence-corrected chi connectivity index (χ1v) is 9.61. The van der Waals surface area contributed by atoms with Crippen LogP contribution < -0.4 is 0 Å². The fourth-order valence-electron chi connectivity index (χ4n) is 3.10. The van der Waals surface area contributed by atoms with Crippen LogP contribution in [0, 0.1) is 5.92 Å². The maximum absolute atomic E-state index is 5.59. The van der Waals surface area contributed by atoms with Crippen LogP contribution >= 0.6 is 0 Å². The van der Waals surface area contributed by atoms with Crippen LogP contribution in [-0.4, -0.2) is 47.6 Å². The highest BCUT2D eigenvalue weighted by molar-refractivity contribution is 4.74. The van der Waals surface area contributed by atoms with Crippen molar-refractivity contribution in [2.24, 2.45) is 5.92 Å². The lowest BCUT2D eigenvalue weighted by Gasteiger charge is -2.36. The predicted octanol–water partition coefficient (Wildman–Crippen LogP) is 4.90. The summed E-state index contributed by atoms with van der Waals surface area (Å²) in [6.07, 6.45) is 14.1. The Bertz CT molecular complexity index is 294. The number of hydrogen-bond donors (Lipinski definition) is 0. The van der Waals surface area contributed by atoms with Crippen LogP contribution in [0.5, 0.6) is 0 Å². The molecule has 0 aliphatic carbocycles. The molecule has 0 radical (unpaired) electrons. The van der Waals surface area contributed by atoms with Crippen LogP contribution in [0.1, 0.15) is 64.7 Å². The summed E-state index contributed by atoms with van der Waals surface area (Å²) < 4.78 is 27.2. The largest absolute Gasteiger partial charge is 0.501 e. The van der Waals surface area contributed by atoms with Crippen LogP contribution in [0.15, 0.2) is 12.3 Å². The minimum atomic E-state index is -0.963. The van der Waals surface area contributed by atoms with E-state index in [0.29, 0.717) is 13.2 Å². The lowest BCUT2D eigenvalue weighted by molar-refractivity contribution is -0.380. The van der Waals surface area contributed by atoms with Crippen molar-refractivity contribution in [2.75, 3.05) is 41.7 Å². The minimum Gasteiger partial charge on any atom is -0.501 e. The first-order chi connectivity index (χ1) is 12.2. The zero-order valence-electron chi connectivity index (χ0n) is 17.1. The van der Waals surface area contributed by atoms with Gasteiger partial charge in [-0.05, 0) is 25.3 Å². The maximum atomic E-state index is 5.59. The second kappa shape index (κ2) is 16.8. The number of rotatable bonds is 18. The predicted molar refractivity (Wildman–Crippen MR) is 101 cm³/mol. The van der Waals surface area contributed by atoms with Gasteiger partial charge in [0.25, 0.3) is 5.97 Å². The van der Waals surface area contributed by atoms with Crippen LogP contribution in [0.3, 0.4) is 0 Å². The van der Waals surface area contributed by atoms with Crippen molar-refractivity contribution in [3.05, 3.63) is 12.3 Å². The molecular weight excluding hydrogens is 320 g/mol. The van der Waals surface area contributed by atoms with Crippen molar-refractivity contribution < 1.29 is 23.7 Å². The molecule has 0 saturated heterocycles. The Labute approximate surface area is 155 Å². The quantitative estimate of drug-likeness (QED) is 0.198. The Kier molecular flexibility index (Phi) is 16.4. The van der Waals surface area contributed by atoms with E-state index in [4.69, 9.17) is 23.7 Å². The first kappa shape index (κ1) is 24.4. The molecule has 1 unspecified atom stereocenters. The monoisotopic (exact) mass is 360 g/mol. The molecule has 0 bridgehead atoms. The SMILES string of the molecule is CCCCCCCCC(CCCOC=CCOC)C(OC)(OC)OC. The van der Waals surface area contributed by atoms with Gasteiger partial charge in [-0.1, -0.05) is 45.4 Å². The average molecular weight is 361 g/mol. The molecule has 0 aliphatic heterocycles. The third kappa shape index (κ3) is 10.9. The summed E-state index contributed by atoms with van der Waals surface area (Å²) in [6, 6.07) is 0. The lowest BCUT2D eigenvalue weighted by atomic mass is 9.93. The van der Waals surface area contributed by atoms with Crippen molar-refractivity contribution in [2.45, 2.75) is 70.7 Å². The summed E-state index contributed by atoms with van der Waals surface area (Å²) in [5, 5.41) is 0. The molecule has 5 nitrogen and oxygen atoms in total. The molecule has 0 aromatic rings. The molecular formula is C20H40O5. The van der Waals surface area contributed by atoms with Crippen molar-refractivity contribution >= 4 is 0 Å². The van der Waals surface area contributed by atoms with E-state index in [1.807, 2.05) is 6.08 Å². The van der Waals surface area contributed by atoms with Gasteiger partial charge in [-0.3, -0.25) is 0 Å². The summed E-state index contributed by atoms with van der Waals surface area (Å²) >= 11 is 0. The number of methoxy groups -OCH3 is 4. The van der Waals surface area contributed by atoms with Crippen molar-refractivity contribution in [3.63, 3.8) is 0 Å². The van der Waals surface area contributed by atoms with Gasteiger partial charge in [0.1, 0.15) is 0 Å². The minimum absolute atomic E-state index is 0.185. The van der Waals surface area contributed by atoms with Gasteiger partial charge in [0.15, 0.2) is 0 Å². The summed E-state index contributed by atoms with van der Waals surface area (Å²) in [4.78, 5) is 0. The maximum Gasteiger partial charge on any atom is 0.285 e. The Morgan fingerprint density at radius 3 is 2.00 bits per heavy atom. The highest BCUT2D eigenvalue weighted by Crippen LogP contribution is 2.32. The first-order valence-electron chi connectivity index (χ1n) is 9.61. The average Bonchev–Trinajstić information content (AvgIpc) is 2.64. The van der Waals surface area contributed by atoms with Crippen molar-refractivity contribution in [1.82, 2.24) is 0 Å². The molecule has 25 heavy (non-hydrogen) atoms. The van der Waals surface area contributed by atoms with Crippen LogP contribution in [-0.2, 0) is 23.7 Å². The highest BCUT2D eigenvalue weighted by Gasteiger charge is 2.39. The molecule has 0 aromatic carbocycles. The third-order valence-electron chi connectivity index (χ3n) is 4.53. The fourth-order valence-corrected chi connectivity index (χ4v) is 3.10. The molecule has 0 amide bonds. The van der Waals surface area contributed by atoms with Gasteiger partial charge in [0.05, 0.1) is 19.5 Å². The summed E-state index contributed by atoms with van der Waals surface area (Å²) in [5.41, 5.74) is 0. The second-order valence-corrected chi connectivity index (χ2v) is 6.31. The van der Waals surface area contributed by atoms with E-state index in [-0.39, 0.29) is 5.92 Å². The van der Waals surface area contributed by atoms with E-state index in [9.17, 15) is 0 Å². The zero-order valence-corrected chi connectivity index (χ0v) is 17.1. The van der Waals surface area contributed by atoms with E-state index in [0.717, 1.165) is 19.3 Å². The summed E-state index contributed by atoms with van der Waals surface area (Å²) in [5.74, 6) is -0.778. The Morgan fingerprint density at radius 2 is 1.40 bits per heavy atom. The number of ether oxygens (including phenoxy) is 5. The Balaban J connectivity index is 4.33. The van der Waals surface area contributed by atoms with Crippen LogP contribution in [0.25, 0.3) is 0 Å². The molecule has 150 valence electrons. The van der Waals surface area contributed by atoms with E-state index >= 15 is 0 Å². The Morgan fingerprint density at radius 1 is 0.800 bits per heavy atom. The molecule has 0 N–H and O–H groups in total. The smallest absolute Gasteiger partial charge is 0.285 e. The van der Waals surface area contributed by atoms with Crippen LogP contribution in [0.4, 0.5) is 0 Å². The molecule has 5 heteroatoms. The second-order valence-electron chi connectivity index (χ2n) is 6.31. The van der Waals surface area contributed by atoms with Crippen LogP contribution in [0.2, 0.25) is 0 Å². The third-order valence-corrected chi connectivity index (χ3v) is 4.53. The number of hydrogen-bond acceptors (Lipinski definition) is 5. The van der Waals surface area contributed by atoms with Crippen molar-refractivity contribution in [1.29, 1.82) is 0 Å². The molecule has 0 aromatic heterocycles. The highest BCUT2D eigenvalue weighted by atomic mass is 16.9. The molecule has 1 atom stereocenters. The molecule has 0 heterocycles. The van der Waals surface area contributed by atoms with Gasteiger partial charge in [-0.25, -0.2) is 0 Å². The van der Waals surface area contributed by atoms with Gasteiger partial charge < -0.3 is 23.7 Å². The van der Waals surface area contributed by atoms with E-state index < -0.39 is 5.97 Å². The molecule has 0 spiro atoms. The summed E-state index contributed by atoms with van der Waals surface area (Å²) in [7, 11) is 6.60. The molecule has 0 rings (SSSR count). The Hall–Kier alpha value is -0.620. The van der Waals surface area contributed by atoms with E-state index in [1.165, 1.54) is 38.5 Å². The van der Waals surface area contributed by atoms with Gasteiger partial charge in [-0.2, -0.15) is 0 Å². The standard InChI is InChI=1S/C20H40O5/c1-6-7-8-9-10-11-14-19(20(22-3,23-4)24-5)15-12-17-25-18-13-16-21-2/h13,18-19H,6-12,14-17H2,1-5H3. The number of unbranched alkanes of at least 4 members (excludes halogenated alkanes) is 5. The topological polar surface area (TPSA) is 46.2 Å². The molecule has 0 aliphatic rings. The normalized spacial score (nSPS) is 13.5. The van der Waals surface area contributed by atoms with E-state index in [2.05, 4.69) is 6.92 Å². The summed E-state index contributed by atoms with van der Waals surface area (Å²) in [6.45, 7) is 3.48. The molecule has 0 fully saturated rings. The van der Waals surface area contributed by atoms with Gasteiger partial charge in [-0.15, -0.1) is 0 Å². The van der Waals surface area contributed by atoms with Gasteiger partial charge in [0.2, 0.25) is 0 Å². The lowest BCUT2D eigenvalue weighted by Crippen LogP contribution is -2.44. The molecule has 0 saturated carbocycles. The fraction of sp³-hybridized carbons (Fsp3) is 0.900. The zero-order chi connectivity index (χ0) is 18.8.